The Kier molecular flexibility index (Phi) is 8.94. The van der Waals surface area contributed by atoms with E-state index in [1.54, 1.807) is 12.1 Å². The smallest absolute Gasteiger partial charge is 0.326 e. The standard InChI is InChI=1S/C27H29N3O4/c28-22(16-19-10-4-1-5-11-19)25(31)29-23(17-20-12-6-2-7-13-20)26(32)30-24(27(33)34)18-21-14-8-3-9-15-21/h1-15,22-24H,16-18,28H2,(H,29,31)(H,30,32)(H,33,34)/t22-,23-,24+/m1/s1. The molecular formula is C27H29N3O4. The Balaban J connectivity index is 1.72. The maximum absolute atomic E-state index is 13.1. The fourth-order valence-corrected chi connectivity index (χ4v) is 3.62. The zero-order chi connectivity index (χ0) is 24.3. The number of carbonyl (C=O) groups excluding carboxylic acids is 2. The van der Waals surface area contributed by atoms with Gasteiger partial charge in [-0.25, -0.2) is 4.79 Å². The maximum Gasteiger partial charge on any atom is 0.326 e. The molecule has 34 heavy (non-hydrogen) atoms. The average molecular weight is 460 g/mol. The molecule has 0 heterocycles. The van der Waals surface area contributed by atoms with E-state index in [2.05, 4.69) is 10.6 Å². The minimum Gasteiger partial charge on any atom is -0.480 e. The average Bonchev–Trinajstić information content (AvgIpc) is 2.85. The lowest BCUT2D eigenvalue weighted by molar-refractivity contribution is -0.142. The first-order valence-electron chi connectivity index (χ1n) is 11.1. The van der Waals surface area contributed by atoms with Crippen LogP contribution in [0, 0.1) is 0 Å². The maximum atomic E-state index is 13.1. The van der Waals surface area contributed by atoms with Gasteiger partial charge in [-0.1, -0.05) is 91.0 Å². The van der Waals surface area contributed by atoms with Crippen molar-refractivity contribution in [3.63, 3.8) is 0 Å². The van der Waals surface area contributed by atoms with Gasteiger partial charge in [0.1, 0.15) is 12.1 Å². The molecule has 0 fully saturated rings. The Hall–Kier alpha value is -3.97. The van der Waals surface area contributed by atoms with E-state index in [9.17, 15) is 19.5 Å². The molecule has 3 aromatic carbocycles. The van der Waals surface area contributed by atoms with Gasteiger partial charge in [-0.2, -0.15) is 0 Å². The Morgan fingerprint density at radius 2 is 1.00 bits per heavy atom. The van der Waals surface area contributed by atoms with Gasteiger partial charge < -0.3 is 21.5 Å². The van der Waals surface area contributed by atoms with Crippen molar-refractivity contribution >= 4 is 17.8 Å². The molecule has 2 amide bonds. The van der Waals surface area contributed by atoms with Crippen LogP contribution in [0.3, 0.4) is 0 Å². The van der Waals surface area contributed by atoms with Crippen molar-refractivity contribution in [2.75, 3.05) is 0 Å². The topological polar surface area (TPSA) is 122 Å². The summed E-state index contributed by atoms with van der Waals surface area (Å²) in [6, 6.07) is 24.7. The summed E-state index contributed by atoms with van der Waals surface area (Å²) in [5.74, 6) is -2.20. The molecule has 0 aliphatic heterocycles. The molecule has 176 valence electrons. The molecule has 3 rings (SSSR count). The molecular weight excluding hydrogens is 430 g/mol. The van der Waals surface area contributed by atoms with Crippen LogP contribution in [-0.2, 0) is 33.6 Å². The molecule has 7 nitrogen and oxygen atoms in total. The minimum absolute atomic E-state index is 0.126. The van der Waals surface area contributed by atoms with E-state index < -0.39 is 35.9 Å². The third-order valence-electron chi connectivity index (χ3n) is 5.45. The number of amides is 2. The van der Waals surface area contributed by atoms with Crippen LogP contribution < -0.4 is 16.4 Å². The lowest BCUT2D eigenvalue weighted by atomic mass is 10.0. The molecule has 0 unspecified atom stereocenters. The van der Waals surface area contributed by atoms with E-state index in [0.29, 0.717) is 6.42 Å². The van der Waals surface area contributed by atoms with Crippen LogP contribution in [-0.4, -0.2) is 41.0 Å². The predicted molar refractivity (Wildman–Crippen MR) is 130 cm³/mol. The molecule has 0 aliphatic rings. The molecule has 0 bridgehead atoms. The van der Waals surface area contributed by atoms with E-state index in [0.717, 1.165) is 16.7 Å². The predicted octanol–water partition coefficient (Wildman–Crippen LogP) is 2.10. The first kappa shape index (κ1) is 24.7. The highest BCUT2D eigenvalue weighted by Gasteiger charge is 2.28. The van der Waals surface area contributed by atoms with Crippen LogP contribution >= 0.6 is 0 Å². The summed E-state index contributed by atoms with van der Waals surface area (Å²) in [5.41, 5.74) is 8.62. The van der Waals surface area contributed by atoms with Crippen molar-refractivity contribution in [3.05, 3.63) is 108 Å². The van der Waals surface area contributed by atoms with E-state index >= 15 is 0 Å². The summed E-state index contributed by atoms with van der Waals surface area (Å²) in [4.78, 5) is 37.8. The first-order chi connectivity index (χ1) is 16.4. The van der Waals surface area contributed by atoms with Gasteiger partial charge in [0.05, 0.1) is 6.04 Å². The van der Waals surface area contributed by atoms with Gasteiger partial charge in [-0.15, -0.1) is 0 Å². The Morgan fingerprint density at radius 1 is 0.618 bits per heavy atom. The molecule has 5 N–H and O–H groups in total. The highest BCUT2D eigenvalue weighted by molar-refractivity contribution is 5.92. The van der Waals surface area contributed by atoms with Crippen LogP contribution in [0.1, 0.15) is 16.7 Å². The van der Waals surface area contributed by atoms with Crippen molar-refractivity contribution in [2.24, 2.45) is 5.73 Å². The van der Waals surface area contributed by atoms with Crippen LogP contribution in [0.2, 0.25) is 0 Å². The Morgan fingerprint density at radius 3 is 1.44 bits per heavy atom. The van der Waals surface area contributed by atoms with Crippen LogP contribution in [0.4, 0.5) is 0 Å². The third kappa shape index (κ3) is 7.56. The quantitative estimate of drug-likeness (QED) is 0.350. The largest absolute Gasteiger partial charge is 0.480 e. The zero-order valence-corrected chi connectivity index (χ0v) is 18.8. The Labute approximate surface area is 199 Å². The number of hydrogen-bond acceptors (Lipinski definition) is 4. The molecule has 3 aromatic rings. The molecule has 0 saturated carbocycles. The normalized spacial score (nSPS) is 13.3. The molecule has 0 aromatic heterocycles. The molecule has 3 atom stereocenters. The summed E-state index contributed by atoms with van der Waals surface area (Å²) < 4.78 is 0. The number of hydrogen-bond donors (Lipinski definition) is 4. The second kappa shape index (κ2) is 12.3. The van der Waals surface area contributed by atoms with E-state index in [-0.39, 0.29) is 12.8 Å². The molecule has 7 heteroatoms. The summed E-state index contributed by atoms with van der Waals surface area (Å²) >= 11 is 0. The van der Waals surface area contributed by atoms with Gasteiger partial charge in [-0.3, -0.25) is 9.59 Å². The number of carbonyl (C=O) groups is 3. The molecule has 0 spiro atoms. The van der Waals surface area contributed by atoms with Gasteiger partial charge >= 0.3 is 5.97 Å². The third-order valence-corrected chi connectivity index (χ3v) is 5.45. The van der Waals surface area contributed by atoms with Gasteiger partial charge in [0.15, 0.2) is 0 Å². The van der Waals surface area contributed by atoms with Gasteiger partial charge in [0, 0.05) is 12.8 Å². The zero-order valence-electron chi connectivity index (χ0n) is 18.8. The molecule has 0 saturated heterocycles. The van der Waals surface area contributed by atoms with Crippen LogP contribution in [0.5, 0.6) is 0 Å². The lowest BCUT2D eigenvalue weighted by Gasteiger charge is -2.23. The van der Waals surface area contributed by atoms with Gasteiger partial charge in [0.25, 0.3) is 0 Å². The van der Waals surface area contributed by atoms with Gasteiger partial charge in [0.2, 0.25) is 11.8 Å². The molecule has 0 aliphatic carbocycles. The number of rotatable bonds is 11. The number of carboxylic acids is 1. The van der Waals surface area contributed by atoms with Crippen molar-refractivity contribution < 1.29 is 19.5 Å². The van der Waals surface area contributed by atoms with E-state index in [4.69, 9.17) is 5.73 Å². The number of aliphatic carboxylic acids is 1. The summed E-state index contributed by atoms with van der Waals surface area (Å²) in [6.45, 7) is 0. The Bertz CT molecular complexity index is 1070. The van der Waals surface area contributed by atoms with Crippen LogP contribution in [0.15, 0.2) is 91.0 Å². The summed E-state index contributed by atoms with van der Waals surface area (Å²) in [7, 11) is 0. The first-order valence-corrected chi connectivity index (χ1v) is 11.1. The second-order valence-corrected chi connectivity index (χ2v) is 8.14. The molecule has 0 radical (unpaired) electrons. The van der Waals surface area contributed by atoms with E-state index in [1.165, 1.54) is 0 Å². The van der Waals surface area contributed by atoms with E-state index in [1.807, 2.05) is 78.9 Å². The monoisotopic (exact) mass is 459 g/mol. The number of carboxylic acid groups (broad SMARTS) is 1. The number of nitrogens with one attached hydrogen (secondary N) is 2. The van der Waals surface area contributed by atoms with Crippen molar-refractivity contribution in [1.82, 2.24) is 10.6 Å². The van der Waals surface area contributed by atoms with Crippen molar-refractivity contribution in [3.8, 4) is 0 Å². The highest BCUT2D eigenvalue weighted by atomic mass is 16.4. The second-order valence-electron chi connectivity index (χ2n) is 8.14. The van der Waals surface area contributed by atoms with Crippen molar-refractivity contribution in [1.29, 1.82) is 0 Å². The summed E-state index contributed by atoms with van der Waals surface area (Å²) in [6.07, 6.45) is 0.647. The minimum atomic E-state index is -1.15. The van der Waals surface area contributed by atoms with Gasteiger partial charge in [-0.05, 0) is 23.1 Å². The lowest BCUT2D eigenvalue weighted by Crippen LogP contribution is -2.55. The summed E-state index contributed by atoms with van der Waals surface area (Å²) in [5, 5.41) is 15.0. The van der Waals surface area contributed by atoms with Crippen molar-refractivity contribution in [2.45, 2.75) is 37.4 Å². The number of benzene rings is 3. The number of nitrogens with two attached hydrogens (primary N) is 1. The highest BCUT2D eigenvalue weighted by Crippen LogP contribution is 2.08. The fourth-order valence-electron chi connectivity index (χ4n) is 3.62. The SMILES string of the molecule is N[C@H](Cc1ccccc1)C(=O)N[C@H](Cc1ccccc1)C(=O)N[C@@H](Cc1ccccc1)C(=O)O. The van der Waals surface area contributed by atoms with Crippen LogP contribution in [0.25, 0.3) is 0 Å². The fraction of sp³-hybridized carbons (Fsp3) is 0.222.